The fraction of sp³-hybridized carbons (Fsp3) is 0.133. The number of hydrogen-bond acceptors (Lipinski definition) is 5. The first-order valence-electron chi connectivity index (χ1n) is 6.68. The average Bonchev–Trinajstić information content (AvgIpc) is 3.02. The number of rotatable bonds is 6. The minimum absolute atomic E-state index is 0.563. The maximum atomic E-state index is 5.83. The van der Waals surface area contributed by atoms with Crippen molar-refractivity contribution in [1.82, 2.24) is 20.2 Å². The average molecular weight is 333 g/mol. The van der Waals surface area contributed by atoms with E-state index in [0.717, 1.165) is 22.3 Å². The van der Waals surface area contributed by atoms with Gasteiger partial charge < -0.3 is 4.74 Å². The fourth-order valence-corrected chi connectivity index (χ4v) is 2.66. The van der Waals surface area contributed by atoms with E-state index in [1.807, 2.05) is 42.5 Å². The number of nitrogens with zero attached hydrogens (tertiary/aromatic N) is 4. The highest BCUT2D eigenvalue weighted by atomic mass is 35.5. The van der Waals surface area contributed by atoms with Crippen molar-refractivity contribution in [3.63, 3.8) is 0 Å². The van der Waals surface area contributed by atoms with E-state index < -0.39 is 0 Å². The van der Waals surface area contributed by atoms with Gasteiger partial charge in [-0.15, -0.1) is 5.10 Å². The maximum Gasteiger partial charge on any atom is 0.214 e. The van der Waals surface area contributed by atoms with Crippen LogP contribution in [0.1, 0.15) is 0 Å². The number of tetrazole rings is 1. The number of benzene rings is 2. The molecule has 3 aromatic rings. The van der Waals surface area contributed by atoms with Gasteiger partial charge in [0, 0.05) is 10.8 Å². The lowest BCUT2D eigenvalue weighted by atomic mass is 10.3. The van der Waals surface area contributed by atoms with Gasteiger partial charge in [0.25, 0.3) is 0 Å². The summed E-state index contributed by atoms with van der Waals surface area (Å²) >= 11 is 7.38. The number of thioether (sulfide) groups is 1. The molecule has 0 atom stereocenters. The summed E-state index contributed by atoms with van der Waals surface area (Å²) in [5.74, 6) is 1.54. The van der Waals surface area contributed by atoms with Gasteiger partial charge in [-0.1, -0.05) is 41.6 Å². The van der Waals surface area contributed by atoms with Gasteiger partial charge in [0.2, 0.25) is 5.16 Å². The van der Waals surface area contributed by atoms with Crippen molar-refractivity contribution in [1.29, 1.82) is 0 Å². The predicted molar refractivity (Wildman–Crippen MR) is 86.8 cm³/mol. The molecular formula is C15H13ClN4OS. The van der Waals surface area contributed by atoms with Gasteiger partial charge in [0.1, 0.15) is 5.75 Å². The first-order valence-corrected chi connectivity index (χ1v) is 8.04. The Morgan fingerprint density at radius 2 is 1.82 bits per heavy atom. The van der Waals surface area contributed by atoms with E-state index in [2.05, 4.69) is 15.5 Å². The molecule has 0 saturated carbocycles. The highest BCUT2D eigenvalue weighted by molar-refractivity contribution is 7.99. The van der Waals surface area contributed by atoms with E-state index >= 15 is 0 Å². The quantitative estimate of drug-likeness (QED) is 0.511. The van der Waals surface area contributed by atoms with Crippen molar-refractivity contribution in [2.45, 2.75) is 5.16 Å². The molecule has 0 aliphatic heterocycles. The summed E-state index contributed by atoms with van der Waals surface area (Å²) in [7, 11) is 0. The molecule has 0 saturated heterocycles. The number of halogens is 1. The SMILES string of the molecule is Clc1ccc(OCCSc2nnnn2-c2ccccc2)cc1. The smallest absolute Gasteiger partial charge is 0.214 e. The molecule has 7 heteroatoms. The van der Waals surface area contributed by atoms with Crippen LogP contribution >= 0.6 is 23.4 Å². The maximum absolute atomic E-state index is 5.83. The Labute approximate surface area is 137 Å². The number of aromatic nitrogens is 4. The lowest BCUT2D eigenvalue weighted by Gasteiger charge is -2.06. The summed E-state index contributed by atoms with van der Waals surface area (Å²) in [6, 6.07) is 17.1. The Balaban J connectivity index is 1.54. The molecule has 1 aromatic heterocycles. The standard InChI is InChI=1S/C15H13ClN4OS/c16-12-6-8-14(9-7-12)21-10-11-22-15-17-18-19-20(15)13-4-2-1-3-5-13/h1-9H,10-11H2. The summed E-state index contributed by atoms with van der Waals surface area (Å²) in [6.45, 7) is 0.563. The van der Waals surface area contributed by atoms with Crippen LogP contribution in [0.15, 0.2) is 59.8 Å². The Morgan fingerprint density at radius 1 is 1.05 bits per heavy atom. The van der Waals surface area contributed by atoms with Gasteiger partial charge in [-0.25, -0.2) is 0 Å². The Kier molecular flexibility index (Phi) is 4.92. The van der Waals surface area contributed by atoms with Gasteiger partial charge >= 0.3 is 0 Å². The van der Waals surface area contributed by atoms with Crippen molar-refractivity contribution < 1.29 is 4.74 Å². The normalized spacial score (nSPS) is 10.6. The zero-order valence-electron chi connectivity index (χ0n) is 11.6. The first-order chi connectivity index (χ1) is 10.8. The first kappa shape index (κ1) is 14.9. The van der Waals surface area contributed by atoms with Crippen LogP contribution in [0.3, 0.4) is 0 Å². The van der Waals surface area contributed by atoms with Crippen LogP contribution in [0.25, 0.3) is 5.69 Å². The molecule has 5 nitrogen and oxygen atoms in total. The molecule has 0 N–H and O–H groups in total. The van der Waals surface area contributed by atoms with Crippen LogP contribution in [0, 0.1) is 0 Å². The molecule has 0 aliphatic rings. The topological polar surface area (TPSA) is 52.8 Å². The molecule has 0 fully saturated rings. The largest absolute Gasteiger partial charge is 0.493 e. The Hall–Kier alpha value is -2.05. The van der Waals surface area contributed by atoms with Crippen LogP contribution < -0.4 is 4.74 Å². The van der Waals surface area contributed by atoms with Gasteiger partial charge in [-0.05, 0) is 46.8 Å². The highest BCUT2D eigenvalue weighted by Gasteiger charge is 2.08. The number of ether oxygens (including phenoxy) is 1. The number of hydrogen-bond donors (Lipinski definition) is 0. The summed E-state index contributed by atoms with van der Waals surface area (Å²) < 4.78 is 7.36. The van der Waals surface area contributed by atoms with Crippen LogP contribution in [-0.4, -0.2) is 32.6 Å². The summed E-state index contributed by atoms with van der Waals surface area (Å²) in [5.41, 5.74) is 0.939. The van der Waals surface area contributed by atoms with Crippen LogP contribution in [0.2, 0.25) is 5.02 Å². The third-order valence-corrected chi connectivity index (χ3v) is 3.97. The molecular weight excluding hydrogens is 320 g/mol. The van der Waals surface area contributed by atoms with Crippen molar-refractivity contribution in [3.8, 4) is 11.4 Å². The van der Waals surface area contributed by atoms with E-state index in [4.69, 9.17) is 16.3 Å². The van der Waals surface area contributed by atoms with E-state index in [1.165, 1.54) is 0 Å². The van der Waals surface area contributed by atoms with Crippen LogP contribution in [0.4, 0.5) is 0 Å². The van der Waals surface area contributed by atoms with E-state index in [9.17, 15) is 0 Å². The summed E-state index contributed by atoms with van der Waals surface area (Å²) in [6.07, 6.45) is 0. The lowest BCUT2D eigenvalue weighted by molar-refractivity contribution is 0.344. The minimum Gasteiger partial charge on any atom is -0.493 e. The Bertz CT molecular complexity index is 718. The van der Waals surface area contributed by atoms with E-state index in [1.54, 1.807) is 28.6 Å². The highest BCUT2D eigenvalue weighted by Crippen LogP contribution is 2.19. The van der Waals surface area contributed by atoms with Gasteiger partial charge in [-0.2, -0.15) is 4.68 Å². The molecule has 0 unspecified atom stereocenters. The third kappa shape index (κ3) is 3.78. The molecule has 1 heterocycles. The second-order valence-corrected chi connectivity index (χ2v) is 5.86. The van der Waals surface area contributed by atoms with Crippen molar-refractivity contribution in [2.24, 2.45) is 0 Å². The molecule has 0 amide bonds. The minimum atomic E-state index is 0.563. The lowest BCUT2D eigenvalue weighted by Crippen LogP contribution is -2.03. The molecule has 112 valence electrons. The monoisotopic (exact) mass is 332 g/mol. The van der Waals surface area contributed by atoms with Crippen molar-refractivity contribution >= 4 is 23.4 Å². The second-order valence-electron chi connectivity index (χ2n) is 4.36. The molecule has 0 spiro atoms. The molecule has 0 bridgehead atoms. The molecule has 2 aromatic carbocycles. The third-order valence-electron chi connectivity index (χ3n) is 2.84. The second kappa shape index (κ2) is 7.29. The summed E-state index contributed by atoms with van der Waals surface area (Å²) in [5, 5.41) is 13.2. The van der Waals surface area contributed by atoms with E-state index in [0.29, 0.717) is 11.6 Å². The zero-order valence-corrected chi connectivity index (χ0v) is 13.2. The zero-order chi connectivity index (χ0) is 15.2. The van der Waals surface area contributed by atoms with E-state index in [-0.39, 0.29) is 0 Å². The van der Waals surface area contributed by atoms with Crippen LogP contribution in [0.5, 0.6) is 5.75 Å². The van der Waals surface area contributed by atoms with Crippen molar-refractivity contribution in [2.75, 3.05) is 12.4 Å². The molecule has 3 rings (SSSR count). The van der Waals surface area contributed by atoms with Gasteiger partial charge in [0.15, 0.2) is 0 Å². The summed E-state index contributed by atoms with van der Waals surface area (Å²) in [4.78, 5) is 0. The fourth-order valence-electron chi connectivity index (χ4n) is 1.82. The van der Waals surface area contributed by atoms with Gasteiger partial charge in [-0.3, -0.25) is 0 Å². The molecule has 0 aliphatic carbocycles. The molecule has 22 heavy (non-hydrogen) atoms. The van der Waals surface area contributed by atoms with Gasteiger partial charge in [0.05, 0.1) is 12.3 Å². The Morgan fingerprint density at radius 3 is 2.59 bits per heavy atom. The van der Waals surface area contributed by atoms with Crippen LogP contribution in [-0.2, 0) is 0 Å². The predicted octanol–water partition coefficient (Wildman–Crippen LogP) is 3.49. The molecule has 0 radical (unpaired) electrons. The number of para-hydroxylation sites is 1. The van der Waals surface area contributed by atoms with Crippen molar-refractivity contribution in [3.05, 3.63) is 59.6 Å².